The molecule has 2 amide bonds. The number of carbonyl (C=O) groups excluding carboxylic acids is 2. The minimum Gasteiger partial charge on any atom is -0.451 e. The molecule has 1 N–H and O–H groups in total. The lowest BCUT2D eigenvalue weighted by Gasteiger charge is -2.44. The summed E-state index contributed by atoms with van der Waals surface area (Å²) in [5, 5.41) is 0.437. The van der Waals surface area contributed by atoms with Crippen molar-refractivity contribution in [3.8, 4) is 0 Å². The normalized spacial score (nSPS) is 26.3. The number of aromatic amines is 1. The number of aromatic nitrogens is 1. The third-order valence-corrected chi connectivity index (χ3v) is 7.01. The first-order valence-electron chi connectivity index (χ1n) is 7.69. The van der Waals surface area contributed by atoms with Crippen LogP contribution in [-0.4, -0.2) is 48.1 Å². The molecule has 2 unspecified atom stereocenters. The lowest BCUT2D eigenvalue weighted by atomic mass is 9.70. The van der Waals surface area contributed by atoms with Crippen molar-refractivity contribution in [2.24, 2.45) is 15.9 Å². The van der Waals surface area contributed by atoms with Crippen molar-refractivity contribution in [2.45, 2.75) is 29.5 Å². The summed E-state index contributed by atoms with van der Waals surface area (Å²) in [7, 11) is 2.52. The maximum absolute atomic E-state index is 11.9. The molecule has 2 aliphatic rings. The summed E-state index contributed by atoms with van der Waals surface area (Å²) in [5.41, 5.74) is 0.514. The lowest BCUT2D eigenvalue weighted by Crippen LogP contribution is -2.48. The third kappa shape index (κ3) is 3.14. The van der Waals surface area contributed by atoms with Gasteiger partial charge in [0.25, 0.3) is 0 Å². The number of amides is 2. The predicted octanol–water partition coefficient (Wildman–Crippen LogP) is 2.79. The summed E-state index contributed by atoms with van der Waals surface area (Å²) in [4.78, 5) is 46.9. The number of fused-ring (bicyclic) bond motifs is 2. The van der Waals surface area contributed by atoms with Crippen molar-refractivity contribution in [3.63, 3.8) is 0 Å². The summed E-state index contributed by atoms with van der Waals surface area (Å²) in [6, 6.07) is 0. The van der Waals surface area contributed by atoms with Crippen molar-refractivity contribution in [3.05, 3.63) is 26.7 Å². The standard InChI is InChI=1S/C16H17N3O5S2/c1-16(2)9-7(17-13(20)23-3)5-6-8(18-14(21)24-4)10(9)25-12-11(16)26-15(22)19-12/h5-6,9-10H,1-4H3,(H,19,22). The second-order valence-corrected chi connectivity index (χ2v) is 8.39. The number of nitrogens with zero attached hydrogens (tertiary/aromatic N) is 2. The fraction of sp³-hybridized carbons (Fsp3) is 0.438. The molecule has 0 spiro atoms. The van der Waals surface area contributed by atoms with Crippen LogP contribution in [0.5, 0.6) is 0 Å². The minimum atomic E-state index is -0.709. The summed E-state index contributed by atoms with van der Waals surface area (Å²) >= 11 is 2.54. The zero-order valence-corrected chi connectivity index (χ0v) is 16.2. The number of allylic oxidation sites excluding steroid dienone is 2. The van der Waals surface area contributed by atoms with Gasteiger partial charge in [-0.05, 0) is 12.2 Å². The highest BCUT2D eigenvalue weighted by atomic mass is 32.2. The Hall–Kier alpha value is -2.20. The molecule has 1 aromatic rings. The fourth-order valence-corrected chi connectivity index (χ4v) is 6.02. The van der Waals surface area contributed by atoms with Crippen LogP contribution in [0.4, 0.5) is 9.59 Å². The van der Waals surface area contributed by atoms with Crippen molar-refractivity contribution < 1.29 is 19.1 Å². The van der Waals surface area contributed by atoms with E-state index in [4.69, 9.17) is 0 Å². The molecular formula is C16H17N3O5S2. The SMILES string of the molecule is COC(=O)N=C1C=CC(=NC(=O)OC)C2C1Sc1[nH]c(=O)sc1C2(C)C. The number of thiazole rings is 1. The van der Waals surface area contributed by atoms with Crippen molar-refractivity contribution in [2.75, 3.05) is 14.2 Å². The molecule has 1 aromatic heterocycles. The van der Waals surface area contributed by atoms with Crippen LogP contribution in [0.1, 0.15) is 18.7 Å². The van der Waals surface area contributed by atoms with Gasteiger partial charge in [0.2, 0.25) is 0 Å². The first-order valence-corrected chi connectivity index (χ1v) is 9.39. The average Bonchev–Trinajstić information content (AvgIpc) is 2.98. The molecule has 0 aromatic carbocycles. The predicted molar refractivity (Wildman–Crippen MR) is 99.9 cm³/mol. The van der Waals surface area contributed by atoms with Gasteiger partial charge in [-0.15, -0.1) is 0 Å². The summed E-state index contributed by atoms with van der Waals surface area (Å²) in [6.45, 7) is 3.96. The Kier molecular flexibility index (Phi) is 4.89. The molecular weight excluding hydrogens is 378 g/mol. The van der Waals surface area contributed by atoms with Crippen LogP contribution >= 0.6 is 23.1 Å². The Bertz CT molecular complexity index is 909. The number of H-pyrrole nitrogens is 1. The van der Waals surface area contributed by atoms with Crippen LogP contribution in [0.2, 0.25) is 0 Å². The minimum absolute atomic E-state index is 0.153. The highest BCUT2D eigenvalue weighted by molar-refractivity contribution is 8.00. The van der Waals surface area contributed by atoms with E-state index in [1.807, 2.05) is 13.8 Å². The molecule has 2 heterocycles. The maximum Gasteiger partial charge on any atom is 0.433 e. The molecule has 26 heavy (non-hydrogen) atoms. The number of hydrogen-bond acceptors (Lipinski definition) is 7. The van der Waals surface area contributed by atoms with Gasteiger partial charge in [0.1, 0.15) is 0 Å². The zero-order valence-electron chi connectivity index (χ0n) is 14.6. The molecule has 2 atom stereocenters. The van der Waals surface area contributed by atoms with Gasteiger partial charge in [0, 0.05) is 16.2 Å². The van der Waals surface area contributed by atoms with E-state index >= 15 is 0 Å². The second-order valence-electron chi connectivity index (χ2n) is 6.26. The van der Waals surface area contributed by atoms with Gasteiger partial charge in [0.05, 0.1) is 35.9 Å². The first kappa shape index (κ1) is 18.6. The summed E-state index contributed by atoms with van der Waals surface area (Å²) in [6.07, 6.45) is 1.88. The maximum atomic E-state index is 11.9. The third-order valence-electron chi connectivity index (χ3n) is 4.35. The Labute approximate surface area is 157 Å². The van der Waals surface area contributed by atoms with Crippen molar-refractivity contribution in [1.82, 2.24) is 4.98 Å². The van der Waals surface area contributed by atoms with E-state index in [0.717, 1.165) is 21.2 Å². The topological polar surface area (TPSA) is 110 Å². The highest BCUT2D eigenvalue weighted by Crippen LogP contribution is 2.51. The molecule has 1 aliphatic heterocycles. The number of nitrogens with one attached hydrogen (secondary N) is 1. The number of ether oxygens (including phenoxy) is 2. The number of aliphatic imine (C=N–C) groups is 2. The van der Waals surface area contributed by atoms with E-state index in [2.05, 4.69) is 24.4 Å². The molecule has 0 fully saturated rings. The van der Waals surface area contributed by atoms with E-state index in [1.165, 1.54) is 26.0 Å². The molecule has 0 bridgehead atoms. The number of thioether (sulfide) groups is 1. The van der Waals surface area contributed by atoms with Crippen molar-refractivity contribution >= 4 is 46.7 Å². The monoisotopic (exact) mass is 395 g/mol. The van der Waals surface area contributed by atoms with Crippen molar-refractivity contribution in [1.29, 1.82) is 0 Å². The van der Waals surface area contributed by atoms with E-state index in [1.54, 1.807) is 12.2 Å². The second kappa shape index (κ2) is 6.84. The molecule has 0 radical (unpaired) electrons. The number of methoxy groups -OCH3 is 2. The van der Waals surface area contributed by atoms with E-state index in [0.29, 0.717) is 11.4 Å². The van der Waals surface area contributed by atoms with Crippen LogP contribution in [-0.2, 0) is 14.9 Å². The van der Waals surface area contributed by atoms with Crippen LogP contribution in [0, 0.1) is 5.92 Å². The first-order chi connectivity index (χ1) is 12.3. The lowest BCUT2D eigenvalue weighted by molar-refractivity contribution is 0.181. The van der Waals surface area contributed by atoms with Crippen LogP contribution < -0.4 is 4.87 Å². The van der Waals surface area contributed by atoms with E-state index in [9.17, 15) is 14.4 Å². The van der Waals surface area contributed by atoms with Crippen LogP contribution in [0.3, 0.4) is 0 Å². The molecule has 0 saturated heterocycles. The molecule has 10 heteroatoms. The van der Waals surface area contributed by atoms with Gasteiger partial charge < -0.3 is 14.5 Å². The molecule has 1 aliphatic carbocycles. The Morgan fingerprint density at radius 3 is 2.31 bits per heavy atom. The fourth-order valence-electron chi connectivity index (χ4n) is 3.17. The van der Waals surface area contributed by atoms with Gasteiger partial charge in [-0.2, -0.15) is 9.98 Å². The number of carbonyl (C=O) groups is 2. The van der Waals surface area contributed by atoms with Gasteiger partial charge >= 0.3 is 17.1 Å². The molecule has 8 nitrogen and oxygen atoms in total. The van der Waals surface area contributed by atoms with E-state index in [-0.39, 0.29) is 16.0 Å². The highest BCUT2D eigenvalue weighted by Gasteiger charge is 2.50. The Morgan fingerprint density at radius 1 is 1.12 bits per heavy atom. The summed E-state index contributed by atoms with van der Waals surface area (Å²) in [5.74, 6) is -0.279. The van der Waals surface area contributed by atoms with Gasteiger partial charge in [-0.25, -0.2) is 9.59 Å². The quantitative estimate of drug-likeness (QED) is 0.723. The molecule has 3 rings (SSSR count). The van der Waals surface area contributed by atoms with Gasteiger partial charge in [0.15, 0.2) is 0 Å². The summed E-state index contributed by atoms with van der Waals surface area (Å²) < 4.78 is 9.30. The largest absolute Gasteiger partial charge is 0.451 e. The average molecular weight is 395 g/mol. The number of hydrogen-bond donors (Lipinski definition) is 1. The number of rotatable bonds is 0. The van der Waals surface area contributed by atoms with Gasteiger partial charge in [-0.1, -0.05) is 36.9 Å². The Morgan fingerprint density at radius 2 is 1.69 bits per heavy atom. The van der Waals surface area contributed by atoms with E-state index < -0.39 is 17.6 Å². The van der Waals surface area contributed by atoms with Crippen LogP contribution in [0.15, 0.2) is 32.0 Å². The molecule has 138 valence electrons. The smallest absolute Gasteiger partial charge is 0.433 e. The Balaban J connectivity index is 2.19. The van der Waals surface area contributed by atoms with Gasteiger partial charge in [-0.3, -0.25) is 4.79 Å². The zero-order chi connectivity index (χ0) is 19.1. The molecule has 0 saturated carbocycles. The van der Waals surface area contributed by atoms with Crippen LogP contribution in [0.25, 0.3) is 0 Å².